The SMILES string of the molecule is CC[C@@H](C(=O)Nc1cccc(Cl)c1C)N(c1cc(Cl)ccc1C)S(C)(=O)=O. The van der Waals surface area contributed by atoms with Gasteiger partial charge in [-0.05, 0) is 55.7 Å². The van der Waals surface area contributed by atoms with Crippen molar-refractivity contribution >= 4 is 50.5 Å². The van der Waals surface area contributed by atoms with Crippen molar-refractivity contribution in [2.45, 2.75) is 33.2 Å². The second-order valence-corrected chi connectivity index (χ2v) is 9.02. The van der Waals surface area contributed by atoms with E-state index in [0.29, 0.717) is 32.5 Å². The van der Waals surface area contributed by atoms with Gasteiger partial charge in [-0.1, -0.05) is 42.3 Å². The minimum atomic E-state index is -3.74. The Balaban J connectivity index is 2.48. The van der Waals surface area contributed by atoms with Crippen LogP contribution in [-0.2, 0) is 14.8 Å². The molecule has 2 aromatic rings. The first-order valence-electron chi connectivity index (χ1n) is 8.37. The van der Waals surface area contributed by atoms with Gasteiger partial charge in [-0.15, -0.1) is 0 Å². The topological polar surface area (TPSA) is 66.5 Å². The van der Waals surface area contributed by atoms with E-state index < -0.39 is 22.0 Å². The van der Waals surface area contributed by atoms with Crippen LogP contribution in [0, 0.1) is 13.8 Å². The fraction of sp³-hybridized carbons (Fsp3) is 0.316. The van der Waals surface area contributed by atoms with Gasteiger partial charge in [0.05, 0.1) is 11.9 Å². The summed E-state index contributed by atoms with van der Waals surface area (Å²) >= 11 is 12.2. The maximum atomic E-state index is 13.0. The highest BCUT2D eigenvalue weighted by atomic mass is 35.5. The fourth-order valence-electron chi connectivity index (χ4n) is 2.81. The number of amides is 1. The molecule has 5 nitrogen and oxygen atoms in total. The van der Waals surface area contributed by atoms with E-state index in [9.17, 15) is 13.2 Å². The van der Waals surface area contributed by atoms with E-state index in [1.165, 1.54) is 0 Å². The normalized spacial score (nSPS) is 12.5. The number of rotatable bonds is 6. The third kappa shape index (κ3) is 4.94. The van der Waals surface area contributed by atoms with Crippen LogP contribution in [0.5, 0.6) is 0 Å². The molecule has 0 fully saturated rings. The molecule has 0 bridgehead atoms. The molecule has 2 aromatic carbocycles. The summed E-state index contributed by atoms with van der Waals surface area (Å²) in [4.78, 5) is 13.0. The average molecular weight is 429 g/mol. The Hall–Kier alpha value is -1.76. The van der Waals surface area contributed by atoms with Crippen LogP contribution in [0.4, 0.5) is 11.4 Å². The summed E-state index contributed by atoms with van der Waals surface area (Å²) in [6.45, 7) is 5.32. The van der Waals surface area contributed by atoms with E-state index in [1.807, 2.05) is 0 Å². The highest BCUT2D eigenvalue weighted by molar-refractivity contribution is 7.92. The molecule has 0 aromatic heterocycles. The van der Waals surface area contributed by atoms with Crippen LogP contribution in [0.25, 0.3) is 0 Å². The van der Waals surface area contributed by atoms with Crippen molar-refractivity contribution in [3.05, 3.63) is 57.6 Å². The first-order chi connectivity index (χ1) is 12.6. The van der Waals surface area contributed by atoms with E-state index in [-0.39, 0.29) is 6.42 Å². The minimum Gasteiger partial charge on any atom is -0.324 e. The Labute approximate surface area is 170 Å². The molecular formula is C19H22Cl2N2O3S. The first kappa shape index (κ1) is 21.5. The lowest BCUT2D eigenvalue weighted by Gasteiger charge is -2.31. The molecule has 146 valence electrons. The van der Waals surface area contributed by atoms with Crippen molar-refractivity contribution in [1.29, 1.82) is 0 Å². The molecule has 0 unspecified atom stereocenters. The molecule has 1 amide bonds. The molecule has 0 saturated carbocycles. The molecule has 0 radical (unpaired) electrons. The number of aryl methyl sites for hydroxylation is 1. The number of nitrogens with zero attached hydrogens (tertiary/aromatic N) is 1. The van der Waals surface area contributed by atoms with E-state index in [4.69, 9.17) is 23.2 Å². The molecule has 27 heavy (non-hydrogen) atoms. The highest BCUT2D eigenvalue weighted by Gasteiger charge is 2.32. The third-order valence-electron chi connectivity index (χ3n) is 4.26. The van der Waals surface area contributed by atoms with Crippen molar-refractivity contribution in [2.24, 2.45) is 0 Å². The summed E-state index contributed by atoms with van der Waals surface area (Å²) in [5, 5.41) is 3.71. The highest BCUT2D eigenvalue weighted by Crippen LogP contribution is 2.30. The zero-order valence-electron chi connectivity index (χ0n) is 15.6. The lowest BCUT2D eigenvalue weighted by Crippen LogP contribution is -2.47. The van der Waals surface area contributed by atoms with E-state index in [0.717, 1.165) is 10.6 Å². The summed E-state index contributed by atoms with van der Waals surface area (Å²) in [5.74, 6) is -0.437. The largest absolute Gasteiger partial charge is 0.324 e. The van der Waals surface area contributed by atoms with Crippen LogP contribution in [0.3, 0.4) is 0 Å². The third-order valence-corrected chi connectivity index (χ3v) is 6.07. The van der Waals surface area contributed by atoms with E-state index >= 15 is 0 Å². The number of carbonyl (C=O) groups is 1. The lowest BCUT2D eigenvalue weighted by atomic mass is 10.1. The van der Waals surface area contributed by atoms with Crippen molar-refractivity contribution < 1.29 is 13.2 Å². The van der Waals surface area contributed by atoms with Crippen molar-refractivity contribution in [3.8, 4) is 0 Å². The van der Waals surface area contributed by atoms with Gasteiger partial charge in [0.25, 0.3) is 0 Å². The zero-order chi connectivity index (χ0) is 20.4. The van der Waals surface area contributed by atoms with Gasteiger partial charge in [-0.25, -0.2) is 8.42 Å². The smallest absolute Gasteiger partial charge is 0.248 e. The van der Waals surface area contributed by atoms with Crippen LogP contribution in [0.1, 0.15) is 24.5 Å². The maximum Gasteiger partial charge on any atom is 0.248 e. The van der Waals surface area contributed by atoms with Crippen molar-refractivity contribution in [2.75, 3.05) is 15.9 Å². The number of anilines is 2. The van der Waals surface area contributed by atoms with E-state index in [2.05, 4.69) is 5.32 Å². The molecule has 0 aliphatic heterocycles. The Morgan fingerprint density at radius 3 is 2.44 bits per heavy atom. The van der Waals surface area contributed by atoms with Gasteiger partial charge >= 0.3 is 0 Å². The summed E-state index contributed by atoms with van der Waals surface area (Å²) in [7, 11) is -3.74. The van der Waals surface area contributed by atoms with Gasteiger partial charge in [0, 0.05) is 15.7 Å². The molecule has 0 aliphatic carbocycles. The van der Waals surface area contributed by atoms with Crippen molar-refractivity contribution in [3.63, 3.8) is 0 Å². The Morgan fingerprint density at radius 2 is 1.85 bits per heavy atom. The lowest BCUT2D eigenvalue weighted by molar-refractivity contribution is -0.117. The number of halogens is 2. The molecule has 1 N–H and O–H groups in total. The minimum absolute atomic E-state index is 0.282. The maximum absolute atomic E-state index is 13.0. The van der Waals surface area contributed by atoms with Gasteiger partial charge in [0.15, 0.2) is 0 Å². The monoisotopic (exact) mass is 428 g/mol. The molecule has 0 aliphatic rings. The summed E-state index contributed by atoms with van der Waals surface area (Å²) in [5.41, 5.74) is 2.35. The summed E-state index contributed by atoms with van der Waals surface area (Å²) in [6, 6.07) is 9.19. The van der Waals surface area contributed by atoms with E-state index in [1.54, 1.807) is 57.2 Å². The predicted octanol–water partition coefficient (Wildman–Crippen LogP) is 4.79. The van der Waals surface area contributed by atoms with Crippen LogP contribution in [0.2, 0.25) is 10.0 Å². The molecule has 1 atom stereocenters. The molecular weight excluding hydrogens is 407 g/mol. The van der Waals surface area contributed by atoms with Crippen LogP contribution in [-0.4, -0.2) is 26.6 Å². The second-order valence-electron chi connectivity index (χ2n) is 6.32. The molecule has 0 saturated heterocycles. The first-order valence-corrected chi connectivity index (χ1v) is 11.0. The Kier molecular flexibility index (Phi) is 6.78. The predicted molar refractivity (Wildman–Crippen MR) is 112 cm³/mol. The fourth-order valence-corrected chi connectivity index (χ4v) is 4.42. The second kappa shape index (κ2) is 8.50. The van der Waals surface area contributed by atoms with Gasteiger partial charge in [0.1, 0.15) is 6.04 Å². The quantitative estimate of drug-likeness (QED) is 0.718. The Bertz CT molecular complexity index is 961. The van der Waals surface area contributed by atoms with Gasteiger partial charge in [-0.3, -0.25) is 9.10 Å². The number of hydrogen-bond acceptors (Lipinski definition) is 3. The van der Waals surface area contributed by atoms with Crippen molar-refractivity contribution in [1.82, 2.24) is 0 Å². The molecule has 2 rings (SSSR count). The van der Waals surface area contributed by atoms with Gasteiger partial charge < -0.3 is 5.32 Å². The van der Waals surface area contributed by atoms with Crippen LogP contribution >= 0.6 is 23.2 Å². The van der Waals surface area contributed by atoms with Gasteiger partial charge in [-0.2, -0.15) is 0 Å². The molecule has 0 spiro atoms. The zero-order valence-corrected chi connectivity index (χ0v) is 17.9. The average Bonchev–Trinajstić information content (AvgIpc) is 2.58. The number of hydrogen-bond donors (Lipinski definition) is 1. The van der Waals surface area contributed by atoms with Gasteiger partial charge in [0.2, 0.25) is 15.9 Å². The van der Waals surface area contributed by atoms with Crippen LogP contribution < -0.4 is 9.62 Å². The Morgan fingerprint density at radius 1 is 1.19 bits per heavy atom. The summed E-state index contributed by atoms with van der Waals surface area (Å²) in [6.07, 6.45) is 1.36. The number of nitrogens with one attached hydrogen (secondary N) is 1. The standard InChI is InChI=1S/C19H22Cl2N2O3S/c1-5-17(19(24)22-16-8-6-7-15(21)13(16)3)23(27(4,25)26)18-11-14(20)10-9-12(18)2/h6-11,17H,5H2,1-4H3,(H,22,24)/t17-/m0/s1. The van der Waals surface area contributed by atoms with Crippen LogP contribution in [0.15, 0.2) is 36.4 Å². The number of sulfonamides is 1. The number of carbonyl (C=O) groups excluding carboxylic acids is 1. The molecule has 8 heteroatoms. The molecule has 0 heterocycles. The number of benzene rings is 2. The summed E-state index contributed by atoms with van der Waals surface area (Å²) < 4.78 is 26.2.